The Hall–Kier alpha value is -1.93. The second kappa shape index (κ2) is 6.45. The van der Waals surface area contributed by atoms with E-state index in [1.54, 1.807) is 30.3 Å². The summed E-state index contributed by atoms with van der Waals surface area (Å²) in [4.78, 5) is -0.431. The van der Waals surface area contributed by atoms with E-state index < -0.39 is 25.2 Å². The van der Waals surface area contributed by atoms with Crippen molar-refractivity contribution < 1.29 is 17.4 Å². The molecule has 2 rings (SSSR count). The molecule has 0 aromatic heterocycles. The molecule has 0 aliphatic heterocycles. The normalized spacial score (nSPS) is 14.0. The zero-order valence-electron chi connectivity index (χ0n) is 11.1. The molecule has 116 valence electrons. The lowest BCUT2D eigenvalue weighted by atomic mass is 10.3. The molecule has 1 unspecified atom stereocenters. The van der Waals surface area contributed by atoms with E-state index in [0.29, 0.717) is 5.69 Å². The summed E-state index contributed by atoms with van der Waals surface area (Å²) in [6.07, 6.45) is 0. The van der Waals surface area contributed by atoms with Crippen molar-refractivity contribution in [3.63, 3.8) is 0 Å². The number of benzene rings is 2. The lowest BCUT2D eigenvalue weighted by molar-refractivity contribution is -0.0402. The van der Waals surface area contributed by atoms with Crippen molar-refractivity contribution in [3.05, 3.63) is 60.7 Å². The molecule has 0 spiro atoms. The highest BCUT2D eigenvalue weighted by molar-refractivity contribution is 7.95. The smallest absolute Gasteiger partial charge is 0.330 e. The van der Waals surface area contributed by atoms with E-state index in [0.717, 1.165) is 12.1 Å². The summed E-state index contributed by atoms with van der Waals surface area (Å²) in [6.45, 7) is 0. The van der Waals surface area contributed by atoms with Crippen molar-refractivity contribution in [3.8, 4) is 0 Å². The third kappa shape index (κ3) is 3.63. The van der Waals surface area contributed by atoms with Crippen LogP contribution in [-0.2, 0) is 9.73 Å². The minimum absolute atomic E-state index is 0.431. The van der Waals surface area contributed by atoms with E-state index in [4.69, 9.17) is 12.2 Å². The van der Waals surface area contributed by atoms with Crippen LogP contribution in [0.25, 0.3) is 0 Å². The molecule has 0 aliphatic carbocycles. The number of alkyl halides is 3. The van der Waals surface area contributed by atoms with E-state index in [9.17, 15) is 17.4 Å². The van der Waals surface area contributed by atoms with Crippen molar-refractivity contribution in [1.29, 1.82) is 0 Å². The molecule has 8 heteroatoms. The minimum atomic E-state index is -5.03. The molecule has 0 saturated carbocycles. The molecule has 0 bridgehead atoms. The van der Waals surface area contributed by atoms with Crippen molar-refractivity contribution >= 4 is 32.7 Å². The first kappa shape index (κ1) is 16.4. The fourth-order valence-electron chi connectivity index (χ4n) is 1.63. The first-order valence-corrected chi connectivity index (χ1v) is 8.00. The van der Waals surface area contributed by atoms with Crippen LogP contribution < -0.4 is 5.32 Å². The summed E-state index contributed by atoms with van der Waals surface area (Å²) in [6, 6.07) is 14.8. The molecule has 2 aromatic carbocycles. The molecule has 0 aliphatic rings. The van der Waals surface area contributed by atoms with E-state index in [1.807, 2.05) is 0 Å². The van der Waals surface area contributed by atoms with Gasteiger partial charge in [0.1, 0.15) is 0 Å². The lowest BCUT2D eigenvalue weighted by Gasteiger charge is -2.14. The predicted molar refractivity (Wildman–Crippen MR) is 84.0 cm³/mol. The van der Waals surface area contributed by atoms with Crippen molar-refractivity contribution in [1.82, 2.24) is 0 Å². The summed E-state index contributed by atoms with van der Waals surface area (Å²) < 4.78 is 55.4. The topological polar surface area (TPSA) is 41.5 Å². The molecular formula is C14H11F3N2OS2. The van der Waals surface area contributed by atoms with Crippen LogP contribution in [0.4, 0.5) is 18.9 Å². The fraction of sp³-hybridized carbons (Fsp3) is 0.0714. The second-order valence-corrected chi connectivity index (χ2v) is 6.73. The summed E-state index contributed by atoms with van der Waals surface area (Å²) in [7, 11) is -4.68. The van der Waals surface area contributed by atoms with Crippen LogP contribution in [0.3, 0.4) is 0 Å². The number of thiocarbonyl (C=S) groups is 1. The Morgan fingerprint density at radius 3 is 2.00 bits per heavy atom. The Balaban J connectivity index is 2.43. The van der Waals surface area contributed by atoms with Crippen LogP contribution >= 0.6 is 12.2 Å². The van der Waals surface area contributed by atoms with Gasteiger partial charge in [-0.1, -0.05) is 36.4 Å². The third-order valence-corrected chi connectivity index (χ3v) is 4.90. The van der Waals surface area contributed by atoms with Gasteiger partial charge in [-0.2, -0.15) is 17.5 Å². The number of anilines is 1. The number of rotatable bonds is 2. The van der Waals surface area contributed by atoms with E-state index >= 15 is 0 Å². The Labute approximate surface area is 131 Å². The number of nitrogens with one attached hydrogen (secondary N) is 1. The van der Waals surface area contributed by atoms with Gasteiger partial charge in [0.25, 0.3) is 0 Å². The lowest BCUT2D eigenvalue weighted by Crippen LogP contribution is -2.25. The van der Waals surface area contributed by atoms with Crippen molar-refractivity contribution in [2.75, 3.05) is 5.32 Å². The number of para-hydroxylation sites is 1. The standard InChI is InChI=1S/C14H11F3N2OS2/c15-14(16,17)22(20,12-9-5-2-6-10-12)19-13(21)18-11-7-3-1-4-8-11/h1-10H,(H,18,21). The molecule has 2 aromatic rings. The molecule has 22 heavy (non-hydrogen) atoms. The van der Waals surface area contributed by atoms with Gasteiger partial charge >= 0.3 is 5.51 Å². The summed E-state index contributed by atoms with van der Waals surface area (Å²) in [5, 5.41) is 2.04. The van der Waals surface area contributed by atoms with Gasteiger partial charge in [0.15, 0.2) is 9.73 Å². The van der Waals surface area contributed by atoms with Crippen molar-refractivity contribution in [2.24, 2.45) is 4.36 Å². The van der Waals surface area contributed by atoms with Gasteiger partial charge in [0, 0.05) is 5.69 Å². The summed E-state index contributed by atoms with van der Waals surface area (Å²) >= 11 is 4.80. The molecular weight excluding hydrogens is 333 g/mol. The maximum atomic E-state index is 13.2. The number of nitrogens with zero attached hydrogens (tertiary/aromatic N) is 1. The molecule has 0 saturated heterocycles. The van der Waals surface area contributed by atoms with Crippen LogP contribution in [-0.4, -0.2) is 14.8 Å². The van der Waals surface area contributed by atoms with Gasteiger partial charge in [-0.05, 0) is 36.5 Å². The molecule has 3 nitrogen and oxygen atoms in total. The molecule has 1 atom stereocenters. The highest BCUT2D eigenvalue weighted by atomic mass is 32.2. The van der Waals surface area contributed by atoms with Crippen molar-refractivity contribution in [2.45, 2.75) is 10.4 Å². The molecule has 1 N–H and O–H groups in total. The van der Waals surface area contributed by atoms with Gasteiger partial charge in [0.2, 0.25) is 5.11 Å². The summed E-state index contributed by atoms with van der Waals surface area (Å²) in [5.41, 5.74) is -4.57. The van der Waals surface area contributed by atoms with Crippen LogP contribution in [0.2, 0.25) is 0 Å². The van der Waals surface area contributed by atoms with Gasteiger partial charge in [-0.15, -0.1) is 0 Å². The van der Waals surface area contributed by atoms with Crippen LogP contribution in [0.15, 0.2) is 69.9 Å². The SMILES string of the molecule is O=S(=NC(=S)Nc1ccccc1)(c1ccccc1)C(F)(F)F. The number of hydrogen-bond donors (Lipinski definition) is 1. The van der Waals surface area contributed by atoms with Gasteiger partial charge in [-0.3, -0.25) is 0 Å². The molecule has 0 heterocycles. The van der Waals surface area contributed by atoms with Gasteiger partial charge in [-0.25, -0.2) is 4.21 Å². The Kier molecular flexibility index (Phi) is 4.82. The number of hydrogen-bond acceptors (Lipinski definition) is 2. The predicted octanol–water partition coefficient (Wildman–Crippen LogP) is 4.43. The average Bonchev–Trinajstić information content (AvgIpc) is 2.47. The Morgan fingerprint density at radius 1 is 1.00 bits per heavy atom. The zero-order chi connectivity index (χ0) is 16.2. The first-order valence-electron chi connectivity index (χ1n) is 6.07. The third-order valence-electron chi connectivity index (χ3n) is 2.61. The van der Waals surface area contributed by atoms with Crippen LogP contribution in [0, 0.1) is 0 Å². The largest absolute Gasteiger partial charge is 0.484 e. The quantitative estimate of drug-likeness (QED) is 0.820. The first-order chi connectivity index (χ1) is 10.3. The maximum absolute atomic E-state index is 13.2. The van der Waals surface area contributed by atoms with Gasteiger partial charge in [0.05, 0.1) is 4.90 Å². The highest BCUT2D eigenvalue weighted by Crippen LogP contribution is 2.32. The monoisotopic (exact) mass is 344 g/mol. The number of halogens is 3. The Morgan fingerprint density at radius 2 is 1.50 bits per heavy atom. The zero-order valence-corrected chi connectivity index (χ0v) is 12.7. The summed E-state index contributed by atoms with van der Waals surface area (Å²) in [5.74, 6) is 0. The fourth-order valence-corrected chi connectivity index (χ4v) is 3.34. The van der Waals surface area contributed by atoms with E-state index in [2.05, 4.69) is 9.68 Å². The van der Waals surface area contributed by atoms with Crippen LogP contribution in [0.1, 0.15) is 0 Å². The average molecular weight is 344 g/mol. The second-order valence-electron chi connectivity index (χ2n) is 4.17. The Bertz CT molecular complexity index is 768. The maximum Gasteiger partial charge on any atom is 0.484 e. The van der Waals surface area contributed by atoms with E-state index in [-0.39, 0.29) is 0 Å². The molecule has 0 fully saturated rings. The molecule has 0 radical (unpaired) electrons. The minimum Gasteiger partial charge on any atom is -0.330 e. The van der Waals surface area contributed by atoms with Gasteiger partial charge < -0.3 is 5.32 Å². The van der Waals surface area contributed by atoms with E-state index in [1.165, 1.54) is 18.2 Å². The molecule has 0 amide bonds. The van der Waals surface area contributed by atoms with Crippen LogP contribution in [0.5, 0.6) is 0 Å². The highest BCUT2D eigenvalue weighted by Gasteiger charge is 2.45.